The number of thiazole rings is 1. The van der Waals surface area contributed by atoms with Crippen molar-refractivity contribution in [2.45, 2.75) is 25.8 Å². The third-order valence-electron chi connectivity index (χ3n) is 5.59. The van der Waals surface area contributed by atoms with Crippen LogP contribution in [0.15, 0.2) is 72.8 Å². The van der Waals surface area contributed by atoms with Crippen LogP contribution in [0.1, 0.15) is 29.0 Å². The summed E-state index contributed by atoms with van der Waals surface area (Å²) in [7, 11) is 0. The number of nitrogens with one attached hydrogen (secondary N) is 1. The van der Waals surface area contributed by atoms with Crippen molar-refractivity contribution < 1.29 is 9.59 Å². The predicted molar refractivity (Wildman–Crippen MR) is 124 cm³/mol. The first kappa shape index (κ1) is 19.5. The number of benzene rings is 3. The molecule has 0 spiro atoms. The molecule has 1 aromatic heterocycles. The largest absolute Gasteiger partial charge is 0.326 e. The molecule has 2 heterocycles. The van der Waals surface area contributed by atoms with E-state index in [0.717, 1.165) is 26.9 Å². The first-order valence-corrected chi connectivity index (χ1v) is 11.0. The summed E-state index contributed by atoms with van der Waals surface area (Å²) >= 11 is 1.51. The fraction of sp³-hybridized carbons (Fsp3) is 0.160. The van der Waals surface area contributed by atoms with Gasteiger partial charge >= 0.3 is 0 Å². The summed E-state index contributed by atoms with van der Waals surface area (Å²) in [5.74, 6) is -0.790. The lowest BCUT2D eigenvalue weighted by molar-refractivity contribution is -0.124. The standard InChI is InChI=1S/C25H21N3O2S/c1-16-8-7-13-21-23(16)27-25(31-21)28(15-17-9-3-2-4-10-17)24(30)19-14-22(29)26-20-12-6-5-11-18(19)20/h2-13,19H,14-15H2,1H3,(H,26,29). The van der Waals surface area contributed by atoms with E-state index in [2.05, 4.69) is 5.32 Å². The smallest absolute Gasteiger partial charge is 0.237 e. The van der Waals surface area contributed by atoms with E-state index in [1.54, 1.807) is 4.90 Å². The molecule has 0 radical (unpaired) electrons. The third-order valence-corrected chi connectivity index (χ3v) is 6.63. The Morgan fingerprint density at radius 3 is 2.65 bits per heavy atom. The molecule has 31 heavy (non-hydrogen) atoms. The fourth-order valence-electron chi connectivity index (χ4n) is 4.02. The summed E-state index contributed by atoms with van der Waals surface area (Å²) in [6, 6.07) is 23.5. The van der Waals surface area contributed by atoms with Crippen LogP contribution in [0.25, 0.3) is 10.2 Å². The molecular formula is C25H21N3O2S. The van der Waals surface area contributed by atoms with Gasteiger partial charge in [0, 0.05) is 12.1 Å². The second-order valence-electron chi connectivity index (χ2n) is 7.72. The van der Waals surface area contributed by atoms with Gasteiger partial charge in [-0.05, 0) is 35.7 Å². The first-order chi connectivity index (χ1) is 15.1. The molecule has 5 nitrogen and oxygen atoms in total. The molecule has 0 bridgehead atoms. The van der Waals surface area contributed by atoms with Gasteiger partial charge in [-0.15, -0.1) is 0 Å². The molecule has 154 valence electrons. The minimum Gasteiger partial charge on any atom is -0.326 e. The van der Waals surface area contributed by atoms with Crippen LogP contribution in [0, 0.1) is 6.92 Å². The number of aryl methyl sites for hydroxylation is 1. The highest BCUT2D eigenvalue weighted by molar-refractivity contribution is 7.22. The van der Waals surface area contributed by atoms with Gasteiger partial charge in [0.05, 0.1) is 22.7 Å². The van der Waals surface area contributed by atoms with Crippen LogP contribution in [-0.2, 0) is 16.1 Å². The number of aromatic nitrogens is 1. The molecule has 4 aromatic rings. The van der Waals surface area contributed by atoms with E-state index >= 15 is 0 Å². The van der Waals surface area contributed by atoms with Gasteiger partial charge in [0.1, 0.15) is 0 Å². The third kappa shape index (κ3) is 3.70. The predicted octanol–water partition coefficient (Wildman–Crippen LogP) is 5.26. The van der Waals surface area contributed by atoms with Gasteiger partial charge < -0.3 is 5.32 Å². The molecule has 0 fully saturated rings. The van der Waals surface area contributed by atoms with Crippen molar-refractivity contribution in [1.82, 2.24) is 4.98 Å². The lowest BCUT2D eigenvalue weighted by atomic mass is 9.89. The van der Waals surface area contributed by atoms with Crippen LogP contribution in [-0.4, -0.2) is 16.8 Å². The molecular weight excluding hydrogens is 406 g/mol. The number of para-hydroxylation sites is 2. The van der Waals surface area contributed by atoms with Gasteiger partial charge in [-0.3, -0.25) is 14.5 Å². The van der Waals surface area contributed by atoms with Crippen molar-refractivity contribution in [3.8, 4) is 0 Å². The number of carbonyl (C=O) groups is 2. The summed E-state index contributed by atoms with van der Waals surface area (Å²) in [4.78, 5) is 32.8. The van der Waals surface area contributed by atoms with E-state index < -0.39 is 5.92 Å². The maximum atomic E-state index is 13.9. The molecule has 0 saturated heterocycles. The number of hydrogen-bond acceptors (Lipinski definition) is 4. The Hall–Kier alpha value is -3.51. The molecule has 0 aliphatic carbocycles. The summed E-state index contributed by atoms with van der Waals surface area (Å²) in [5.41, 5.74) is 4.56. The number of carbonyl (C=O) groups excluding carboxylic acids is 2. The normalized spacial score (nSPS) is 15.4. The first-order valence-electron chi connectivity index (χ1n) is 10.2. The molecule has 5 rings (SSSR count). The van der Waals surface area contributed by atoms with E-state index in [1.807, 2.05) is 79.7 Å². The maximum absolute atomic E-state index is 13.9. The number of nitrogens with zero attached hydrogens (tertiary/aromatic N) is 2. The van der Waals surface area contributed by atoms with Crippen molar-refractivity contribution >= 4 is 44.2 Å². The topological polar surface area (TPSA) is 62.3 Å². The van der Waals surface area contributed by atoms with Gasteiger partial charge in [0.2, 0.25) is 11.8 Å². The molecule has 1 aliphatic rings. The van der Waals surface area contributed by atoms with Crippen molar-refractivity contribution in [3.63, 3.8) is 0 Å². The zero-order chi connectivity index (χ0) is 21.4. The number of fused-ring (bicyclic) bond motifs is 2. The van der Waals surface area contributed by atoms with E-state index in [1.165, 1.54) is 11.3 Å². The fourth-order valence-corrected chi connectivity index (χ4v) is 5.06. The zero-order valence-corrected chi connectivity index (χ0v) is 17.9. The van der Waals surface area contributed by atoms with Crippen LogP contribution < -0.4 is 10.2 Å². The molecule has 1 aliphatic heterocycles. The van der Waals surface area contributed by atoms with E-state index in [0.29, 0.717) is 17.4 Å². The lowest BCUT2D eigenvalue weighted by Gasteiger charge is -2.29. The van der Waals surface area contributed by atoms with Gasteiger partial charge in [0.25, 0.3) is 0 Å². The van der Waals surface area contributed by atoms with Crippen molar-refractivity contribution in [2.24, 2.45) is 0 Å². The highest BCUT2D eigenvalue weighted by atomic mass is 32.1. The van der Waals surface area contributed by atoms with Crippen LogP contribution in [0.2, 0.25) is 0 Å². The average Bonchev–Trinajstić information content (AvgIpc) is 3.22. The Morgan fingerprint density at radius 1 is 1.06 bits per heavy atom. The summed E-state index contributed by atoms with van der Waals surface area (Å²) in [5, 5.41) is 3.53. The molecule has 1 atom stereocenters. The SMILES string of the molecule is Cc1cccc2sc(N(Cc3ccccc3)C(=O)C3CC(=O)Nc4ccccc43)nc12. The van der Waals surface area contributed by atoms with Gasteiger partial charge in [-0.25, -0.2) is 4.98 Å². The number of anilines is 2. The Kier molecular flexibility index (Phi) is 5.00. The van der Waals surface area contributed by atoms with E-state index in [9.17, 15) is 9.59 Å². The maximum Gasteiger partial charge on any atom is 0.237 e. The Morgan fingerprint density at radius 2 is 1.84 bits per heavy atom. The van der Waals surface area contributed by atoms with Gasteiger partial charge in [-0.1, -0.05) is 72.0 Å². The highest BCUT2D eigenvalue weighted by Gasteiger charge is 2.35. The highest BCUT2D eigenvalue weighted by Crippen LogP contribution is 2.37. The average molecular weight is 428 g/mol. The van der Waals surface area contributed by atoms with Crippen LogP contribution in [0.5, 0.6) is 0 Å². The molecule has 1 unspecified atom stereocenters. The Balaban J connectivity index is 1.59. The molecule has 6 heteroatoms. The van der Waals surface area contributed by atoms with Gasteiger partial charge in [0.15, 0.2) is 5.13 Å². The number of amides is 2. The van der Waals surface area contributed by atoms with E-state index in [-0.39, 0.29) is 18.2 Å². The van der Waals surface area contributed by atoms with E-state index in [4.69, 9.17) is 4.98 Å². The minimum absolute atomic E-state index is 0.108. The quantitative estimate of drug-likeness (QED) is 0.483. The van der Waals surface area contributed by atoms with Crippen LogP contribution >= 0.6 is 11.3 Å². The number of rotatable bonds is 4. The van der Waals surface area contributed by atoms with Crippen LogP contribution in [0.4, 0.5) is 10.8 Å². The zero-order valence-electron chi connectivity index (χ0n) is 17.0. The summed E-state index contributed by atoms with van der Waals surface area (Å²) in [6.45, 7) is 2.43. The Bertz CT molecular complexity index is 1280. The van der Waals surface area contributed by atoms with Crippen molar-refractivity contribution in [3.05, 3.63) is 89.5 Å². The number of hydrogen-bond donors (Lipinski definition) is 1. The second kappa shape index (κ2) is 7.96. The monoisotopic (exact) mass is 427 g/mol. The molecule has 2 amide bonds. The molecule has 3 aromatic carbocycles. The van der Waals surface area contributed by atoms with Crippen molar-refractivity contribution in [1.29, 1.82) is 0 Å². The second-order valence-corrected chi connectivity index (χ2v) is 8.73. The minimum atomic E-state index is -0.540. The van der Waals surface area contributed by atoms with Crippen LogP contribution in [0.3, 0.4) is 0 Å². The molecule has 0 saturated carbocycles. The summed E-state index contributed by atoms with van der Waals surface area (Å²) in [6.07, 6.45) is 0.130. The Labute approximate surface area is 184 Å². The van der Waals surface area contributed by atoms with Gasteiger partial charge in [-0.2, -0.15) is 0 Å². The molecule has 1 N–H and O–H groups in total. The lowest BCUT2D eigenvalue weighted by Crippen LogP contribution is -2.38. The summed E-state index contributed by atoms with van der Waals surface area (Å²) < 4.78 is 1.04. The van der Waals surface area contributed by atoms with Crippen molar-refractivity contribution in [2.75, 3.05) is 10.2 Å².